The molecule has 0 radical (unpaired) electrons. The number of methoxy groups -OCH3 is 1. The van der Waals surface area contributed by atoms with E-state index in [1.54, 1.807) is 12.0 Å². The number of piperidine rings is 1. The van der Waals surface area contributed by atoms with Gasteiger partial charge in [0.1, 0.15) is 5.75 Å². The van der Waals surface area contributed by atoms with Crippen LogP contribution in [0.4, 0.5) is 10.5 Å². The van der Waals surface area contributed by atoms with E-state index >= 15 is 0 Å². The minimum atomic E-state index is -0.126. The van der Waals surface area contributed by atoms with Gasteiger partial charge in [-0.1, -0.05) is 0 Å². The lowest BCUT2D eigenvalue weighted by Gasteiger charge is -2.28. The number of likely N-dealkylation sites (tertiary alicyclic amines) is 1. The SMILES string of the molecule is COc1ccc(N2C[C@@H](NC(=O)N3CCCCC3)CC2=O)cc1. The normalized spacial score (nSPS) is 21.4. The van der Waals surface area contributed by atoms with Gasteiger partial charge in [0, 0.05) is 31.7 Å². The van der Waals surface area contributed by atoms with Gasteiger partial charge in [-0.05, 0) is 43.5 Å². The van der Waals surface area contributed by atoms with Gasteiger partial charge in [-0.25, -0.2) is 4.79 Å². The minimum Gasteiger partial charge on any atom is -0.497 e. The van der Waals surface area contributed by atoms with Crippen LogP contribution in [0, 0.1) is 0 Å². The number of benzene rings is 1. The van der Waals surface area contributed by atoms with E-state index in [4.69, 9.17) is 4.74 Å². The van der Waals surface area contributed by atoms with Crippen LogP contribution in [-0.2, 0) is 4.79 Å². The van der Waals surface area contributed by atoms with Crippen LogP contribution in [-0.4, -0.2) is 49.6 Å². The second-order valence-electron chi connectivity index (χ2n) is 6.10. The quantitative estimate of drug-likeness (QED) is 0.927. The van der Waals surface area contributed by atoms with Crippen molar-refractivity contribution < 1.29 is 14.3 Å². The zero-order valence-corrected chi connectivity index (χ0v) is 13.5. The van der Waals surface area contributed by atoms with Crippen molar-refractivity contribution in [1.82, 2.24) is 10.2 Å². The van der Waals surface area contributed by atoms with Crippen LogP contribution in [0.3, 0.4) is 0 Å². The first-order valence-electron chi connectivity index (χ1n) is 8.17. The van der Waals surface area contributed by atoms with Crippen molar-refractivity contribution in [2.75, 3.05) is 31.6 Å². The lowest BCUT2D eigenvalue weighted by molar-refractivity contribution is -0.117. The maximum Gasteiger partial charge on any atom is 0.317 e. The van der Waals surface area contributed by atoms with Gasteiger partial charge in [-0.15, -0.1) is 0 Å². The Bertz CT molecular complexity index is 567. The van der Waals surface area contributed by atoms with Crippen LogP contribution in [0.5, 0.6) is 5.75 Å². The molecule has 1 aromatic rings. The van der Waals surface area contributed by atoms with Crippen molar-refractivity contribution in [1.29, 1.82) is 0 Å². The molecule has 6 heteroatoms. The molecule has 3 amide bonds. The monoisotopic (exact) mass is 317 g/mol. The predicted octanol–water partition coefficient (Wildman–Crippen LogP) is 2.00. The molecule has 124 valence electrons. The average molecular weight is 317 g/mol. The smallest absolute Gasteiger partial charge is 0.317 e. The molecule has 6 nitrogen and oxygen atoms in total. The molecule has 2 aliphatic rings. The molecule has 1 N–H and O–H groups in total. The van der Waals surface area contributed by atoms with Crippen LogP contribution in [0.25, 0.3) is 0 Å². The minimum absolute atomic E-state index is 0.0408. The van der Waals surface area contributed by atoms with E-state index in [1.807, 2.05) is 29.2 Å². The van der Waals surface area contributed by atoms with Gasteiger partial charge in [-0.3, -0.25) is 4.79 Å². The summed E-state index contributed by atoms with van der Waals surface area (Å²) in [6.45, 7) is 2.15. The maximum atomic E-state index is 12.3. The number of urea groups is 1. The first-order valence-corrected chi connectivity index (χ1v) is 8.17. The number of anilines is 1. The topological polar surface area (TPSA) is 61.9 Å². The fraction of sp³-hybridized carbons (Fsp3) is 0.529. The summed E-state index contributed by atoms with van der Waals surface area (Å²) in [5.41, 5.74) is 0.838. The molecule has 0 bridgehead atoms. The van der Waals surface area contributed by atoms with Crippen LogP contribution in [0.15, 0.2) is 24.3 Å². The molecule has 2 heterocycles. The molecule has 3 rings (SSSR count). The van der Waals surface area contributed by atoms with Gasteiger partial charge in [0.15, 0.2) is 0 Å². The van der Waals surface area contributed by atoms with E-state index in [9.17, 15) is 9.59 Å². The van der Waals surface area contributed by atoms with E-state index in [-0.39, 0.29) is 18.0 Å². The Kier molecular flexibility index (Phi) is 4.69. The number of amides is 3. The third-order valence-corrected chi connectivity index (χ3v) is 4.48. The summed E-state index contributed by atoms with van der Waals surface area (Å²) in [5.74, 6) is 0.800. The largest absolute Gasteiger partial charge is 0.497 e. The van der Waals surface area contributed by atoms with Crippen molar-refractivity contribution in [2.24, 2.45) is 0 Å². The Morgan fingerprint density at radius 3 is 2.52 bits per heavy atom. The Morgan fingerprint density at radius 2 is 1.87 bits per heavy atom. The zero-order chi connectivity index (χ0) is 16.2. The van der Waals surface area contributed by atoms with Crippen LogP contribution >= 0.6 is 0 Å². The Labute approximate surface area is 136 Å². The van der Waals surface area contributed by atoms with Crippen LogP contribution in [0.1, 0.15) is 25.7 Å². The number of hydrogen-bond donors (Lipinski definition) is 1. The molecule has 0 aromatic heterocycles. The second kappa shape index (κ2) is 6.89. The van der Waals surface area contributed by atoms with Crippen molar-refractivity contribution in [3.8, 4) is 5.75 Å². The average Bonchev–Trinajstić information content (AvgIpc) is 2.96. The highest BCUT2D eigenvalue weighted by Gasteiger charge is 2.32. The van der Waals surface area contributed by atoms with Gasteiger partial charge < -0.3 is 19.9 Å². The van der Waals surface area contributed by atoms with E-state index in [2.05, 4.69) is 5.32 Å². The summed E-state index contributed by atoms with van der Waals surface area (Å²) >= 11 is 0. The van der Waals surface area contributed by atoms with Gasteiger partial charge in [0.2, 0.25) is 5.91 Å². The number of carbonyl (C=O) groups excluding carboxylic acids is 2. The number of ether oxygens (including phenoxy) is 1. The summed E-state index contributed by atoms with van der Waals surface area (Å²) < 4.78 is 5.13. The lowest BCUT2D eigenvalue weighted by atomic mass is 10.1. The first-order chi connectivity index (χ1) is 11.2. The fourth-order valence-electron chi connectivity index (χ4n) is 3.18. The summed E-state index contributed by atoms with van der Waals surface area (Å²) in [6, 6.07) is 7.24. The Hall–Kier alpha value is -2.24. The Balaban J connectivity index is 1.59. The standard InChI is InChI=1S/C17H23N3O3/c1-23-15-7-5-14(6-8-15)20-12-13(11-16(20)21)18-17(22)19-9-3-2-4-10-19/h5-8,13H,2-4,9-12H2,1H3,(H,18,22)/t13-/m0/s1. The van der Waals surface area contributed by atoms with Crippen molar-refractivity contribution in [3.05, 3.63) is 24.3 Å². The maximum absolute atomic E-state index is 12.3. The molecule has 0 spiro atoms. The molecular formula is C17H23N3O3. The highest BCUT2D eigenvalue weighted by atomic mass is 16.5. The number of rotatable bonds is 3. The number of carbonyl (C=O) groups is 2. The molecule has 2 aliphatic heterocycles. The van der Waals surface area contributed by atoms with Crippen molar-refractivity contribution >= 4 is 17.6 Å². The fourth-order valence-corrected chi connectivity index (χ4v) is 3.18. The van der Waals surface area contributed by atoms with E-state index in [0.717, 1.165) is 37.4 Å². The molecule has 1 atom stereocenters. The molecule has 1 aromatic carbocycles. The molecule has 0 unspecified atom stereocenters. The van der Waals surface area contributed by atoms with Gasteiger partial charge >= 0.3 is 6.03 Å². The number of nitrogens with one attached hydrogen (secondary N) is 1. The third-order valence-electron chi connectivity index (χ3n) is 4.48. The second-order valence-corrected chi connectivity index (χ2v) is 6.10. The van der Waals surface area contributed by atoms with E-state index in [1.165, 1.54) is 6.42 Å². The number of hydrogen-bond acceptors (Lipinski definition) is 3. The molecule has 23 heavy (non-hydrogen) atoms. The highest BCUT2D eigenvalue weighted by Crippen LogP contribution is 2.24. The summed E-state index contributed by atoms with van der Waals surface area (Å²) in [7, 11) is 1.61. The predicted molar refractivity (Wildman–Crippen MR) is 87.7 cm³/mol. The number of nitrogens with zero attached hydrogens (tertiary/aromatic N) is 2. The Morgan fingerprint density at radius 1 is 1.17 bits per heavy atom. The van der Waals surface area contributed by atoms with Crippen molar-refractivity contribution in [3.63, 3.8) is 0 Å². The van der Waals surface area contributed by atoms with Gasteiger partial charge in [0.05, 0.1) is 13.2 Å². The first kappa shape index (κ1) is 15.6. The molecular weight excluding hydrogens is 294 g/mol. The van der Waals surface area contributed by atoms with Crippen LogP contribution < -0.4 is 15.0 Å². The zero-order valence-electron chi connectivity index (χ0n) is 13.5. The summed E-state index contributed by atoms with van der Waals surface area (Å²) in [6.07, 6.45) is 3.67. The van der Waals surface area contributed by atoms with Crippen molar-refractivity contribution in [2.45, 2.75) is 31.7 Å². The third kappa shape index (κ3) is 3.57. The highest BCUT2D eigenvalue weighted by molar-refractivity contribution is 5.96. The van der Waals surface area contributed by atoms with Crippen LogP contribution in [0.2, 0.25) is 0 Å². The molecule has 2 saturated heterocycles. The van der Waals surface area contributed by atoms with E-state index in [0.29, 0.717) is 13.0 Å². The van der Waals surface area contributed by atoms with Gasteiger partial charge in [0.25, 0.3) is 0 Å². The lowest BCUT2D eigenvalue weighted by Crippen LogP contribution is -2.47. The van der Waals surface area contributed by atoms with Gasteiger partial charge in [-0.2, -0.15) is 0 Å². The summed E-state index contributed by atoms with van der Waals surface area (Å²) in [5, 5.41) is 3.00. The molecule has 2 fully saturated rings. The van der Waals surface area contributed by atoms with E-state index < -0.39 is 0 Å². The summed E-state index contributed by atoms with van der Waals surface area (Å²) in [4.78, 5) is 28.1. The molecule has 0 saturated carbocycles. The molecule has 0 aliphatic carbocycles.